The number of hydrogen-bond acceptors (Lipinski definition) is 3. The van der Waals surface area contributed by atoms with Crippen LogP contribution in [0.4, 0.5) is 0 Å². The Kier molecular flexibility index (Phi) is 2.83. The molecule has 4 heteroatoms. The van der Waals surface area contributed by atoms with Crippen LogP contribution in [0.3, 0.4) is 0 Å². The molecule has 14 heavy (non-hydrogen) atoms. The highest BCUT2D eigenvalue weighted by atomic mass is 16.1. The third kappa shape index (κ3) is 1.55. The van der Waals surface area contributed by atoms with Crippen molar-refractivity contribution in [3.05, 3.63) is 34.9 Å². The van der Waals surface area contributed by atoms with E-state index in [2.05, 4.69) is 5.32 Å². The van der Waals surface area contributed by atoms with Gasteiger partial charge in [-0.1, -0.05) is 6.07 Å². The summed E-state index contributed by atoms with van der Waals surface area (Å²) in [5, 5.41) is 19.9. The molecule has 0 aliphatic carbocycles. The van der Waals surface area contributed by atoms with Gasteiger partial charge in [0.15, 0.2) is 0 Å². The van der Waals surface area contributed by atoms with Crippen molar-refractivity contribution in [2.45, 2.75) is 0 Å². The van der Waals surface area contributed by atoms with E-state index in [0.29, 0.717) is 0 Å². The van der Waals surface area contributed by atoms with E-state index in [1.807, 2.05) is 12.1 Å². The number of amides is 1. The van der Waals surface area contributed by atoms with Crippen LogP contribution in [0, 0.1) is 22.7 Å². The predicted molar refractivity (Wildman–Crippen MR) is 49.3 cm³/mol. The number of nitrogens with zero attached hydrogens (tertiary/aromatic N) is 2. The number of carbonyl (C=O) groups excluding carboxylic acids is 1. The lowest BCUT2D eigenvalue weighted by Gasteiger charge is -2.02. The molecule has 0 aromatic heterocycles. The summed E-state index contributed by atoms with van der Waals surface area (Å²) in [6.07, 6.45) is 0. The van der Waals surface area contributed by atoms with Gasteiger partial charge in [0, 0.05) is 7.05 Å². The van der Waals surface area contributed by atoms with Gasteiger partial charge in [-0.05, 0) is 12.1 Å². The van der Waals surface area contributed by atoms with Crippen LogP contribution < -0.4 is 5.32 Å². The molecule has 0 unspecified atom stereocenters. The lowest BCUT2D eigenvalue weighted by Crippen LogP contribution is -2.19. The van der Waals surface area contributed by atoms with Crippen LogP contribution in [0.25, 0.3) is 0 Å². The van der Waals surface area contributed by atoms with Crippen molar-refractivity contribution in [2.75, 3.05) is 7.05 Å². The van der Waals surface area contributed by atoms with Gasteiger partial charge in [-0.15, -0.1) is 0 Å². The molecule has 1 aromatic rings. The number of nitriles is 2. The van der Waals surface area contributed by atoms with Crippen LogP contribution in [0.1, 0.15) is 21.5 Å². The standard InChI is InChI=1S/C10H7N3O/c1-13-10(14)8-4-2-3-7(5-11)9(8)6-12/h2-4H,1H3,(H,13,14). The Bertz CT molecular complexity index is 451. The molecule has 0 aliphatic heterocycles. The van der Waals surface area contributed by atoms with E-state index in [1.54, 1.807) is 6.07 Å². The number of hydrogen-bond donors (Lipinski definition) is 1. The van der Waals surface area contributed by atoms with E-state index < -0.39 is 0 Å². The second-order valence-electron chi connectivity index (χ2n) is 2.53. The summed E-state index contributed by atoms with van der Waals surface area (Å²) < 4.78 is 0. The van der Waals surface area contributed by atoms with Crippen molar-refractivity contribution in [3.63, 3.8) is 0 Å². The number of benzene rings is 1. The lowest BCUT2D eigenvalue weighted by molar-refractivity contribution is 0.0963. The van der Waals surface area contributed by atoms with Crippen molar-refractivity contribution < 1.29 is 4.79 Å². The van der Waals surface area contributed by atoms with E-state index >= 15 is 0 Å². The average Bonchev–Trinajstić information content (AvgIpc) is 2.26. The molecule has 68 valence electrons. The van der Waals surface area contributed by atoms with Gasteiger partial charge in [0.2, 0.25) is 0 Å². The van der Waals surface area contributed by atoms with Gasteiger partial charge in [-0.2, -0.15) is 10.5 Å². The van der Waals surface area contributed by atoms with E-state index in [-0.39, 0.29) is 22.6 Å². The molecule has 1 amide bonds. The van der Waals surface area contributed by atoms with Gasteiger partial charge in [-0.3, -0.25) is 4.79 Å². The molecule has 0 saturated carbocycles. The molecule has 0 spiro atoms. The summed E-state index contributed by atoms with van der Waals surface area (Å²) in [7, 11) is 1.47. The zero-order chi connectivity index (χ0) is 10.6. The van der Waals surface area contributed by atoms with E-state index in [0.717, 1.165) is 0 Å². The number of nitrogens with one attached hydrogen (secondary N) is 1. The van der Waals surface area contributed by atoms with Crippen LogP contribution in [0.2, 0.25) is 0 Å². The summed E-state index contributed by atoms with van der Waals surface area (Å²) in [4.78, 5) is 11.3. The third-order valence-electron chi connectivity index (χ3n) is 1.77. The summed E-state index contributed by atoms with van der Waals surface area (Å²) in [5.41, 5.74) is 0.567. The number of carbonyl (C=O) groups is 1. The Labute approximate surface area is 81.4 Å². The van der Waals surface area contributed by atoms with Crippen LogP contribution in [0.15, 0.2) is 18.2 Å². The molecule has 0 heterocycles. The van der Waals surface area contributed by atoms with E-state index in [1.165, 1.54) is 19.2 Å². The molecule has 1 rings (SSSR count). The maximum absolute atomic E-state index is 11.3. The van der Waals surface area contributed by atoms with Crippen molar-refractivity contribution >= 4 is 5.91 Å². The Balaban J connectivity index is 3.40. The largest absolute Gasteiger partial charge is 0.355 e. The molecule has 0 fully saturated rings. The highest BCUT2D eigenvalue weighted by Gasteiger charge is 2.12. The lowest BCUT2D eigenvalue weighted by atomic mass is 10.0. The smallest absolute Gasteiger partial charge is 0.252 e. The Morgan fingerprint density at radius 3 is 2.57 bits per heavy atom. The second kappa shape index (κ2) is 4.06. The Morgan fingerprint density at radius 1 is 1.36 bits per heavy atom. The molecule has 0 radical (unpaired) electrons. The van der Waals surface area contributed by atoms with E-state index in [9.17, 15) is 4.79 Å². The first kappa shape index (κ1) is 9.76. The van der Waals surface area contributed by atoms with Gasteiger partial charge in [-0.25, -0.2) is 0 Å². The van der Waals surface area contributed by atoms with Crippen molar-refractivity contribution in [1.82, 2.24) is 5.32 Å². The quantitative estimate of drug-likeness (QED) is 0.702. The normalized spacial score (nSPS) is 8.50. The average molecular weight is 185 g/mol. The molecule has 0 saturated heterocycles. The number of rotatable bonds is 1. The van der Waals surface area contributed by atoms with Crippen LogP contribution in [0.5, 0.6) is 0 Å². The van der Waals surface area contributed by atoms with Crippen molar-refractivity contribution in [3.8, 4) is 12.1 Å². The van der Waals surface area contributed by atoms with E-state index in [4.69, 9.17) is 10.5 Å². The van der Waals surface area contributed by atoms with Gasteiger partial charge in [0.05, 0.1) is 16.7 Å². The fourth-order valence-electron chi connectivity index (χ4n) is 1.09. The van der Waals surface area contributed by atoms with Crippen molar-refractivity contribution in [2.24, 2.45) is 0 Å². The predicted octanol–water partition coefficient (Wildman–Crippen LogP) is 0.790. The third-order valence-corrected chi connectivity index (χ3v) is 1.77. The Morgan fingerprint density at radius 2 is 2.07 bits per heavy atom. The van der Waals surface area contributed by atoms with Crippen LogP contribution >= 0.6 is 0 Å². The Hall–Kier alpha value is -2.33. The summed E-state index contributed by atoms with van der Waals surface area (Å²) in [6, 6.07) is 8.30. The minimum atomic E-state index is -0.362. The van der Waals surface area contributed by atoms with Crippen LogP contribution in [-0.4, -0.2) is 13.0 Å². The second-order valence-corrected chi connectivity index (χ2v) is 2.53. The maximum atomic E-state index is 11.3. The first-order valence-corrected chi connectivity index (χ1v) is 3.90. The summed E-state index contributed by atoms with van der Waals surface area (Å²) in [5.74, 6) is -0.362. The first-order chi connectivity index (χ1) is 6.74. The fourth-order valence-corrected chi connectivity index (χ4v) is 1.09. The highest BCUT2D eigenvalue weighted by Crippen LogP contribution is 2.12. The summed E-state index contributed by atoms with van der Waals surface area (Å²) >= 11 is 0. The molecule has 4 nitrogen and oxygen atoms in total. The zero-order valence-electron chi connectivity index (χ0n) is 7.53. The SMILES string of the molecule is CNC(=O)c1cccc(C#N)c1C#N. The zero-order valence-corrected chi connectivity index (χ0v) is 7.53. The fraction of sp³-hybridized carbons (Fsp3) is 0.100. The van der Waals surface area contributed by atoms with Gasteiger partial charge >= 0.3 is 0 Å². The molecular weight excluding hydrogens is 178 g/mol. The van der Waals surface area contributed by atoms with Gasteiger partial charge in [0.25, 0.3) is 5.91 Å². The maximum Gasteiger partial charge on any atom is 0.252 e. The van der Waals surface area contributed by atoms with Gasteiger partial charge in [0.1, 0.15) is 12.1 Å². The molecule has 0 aliphatic rings. The monoisotopic (exact) mass is 185 g/mol. The molecule has 1 aromatic carbocycles. The molecule has 0 atom stereocenters. The minimum Gasteiger partial charge on any atom is -0.355 e. The molecular formula is C10H7N3O. The van der Waals surface area contributed by atoms with Gasteiger partial charge < -0.3 is 5.32 Å². The van der Waals surface area contributed by atoms with Crippen molar-refractivity contribution in [1.29, 1.82) is 10.5 Å². The molecule has 1 N–H and O–H groups in total. The summed E-state index contributed by atoms with van der Waals surface area (Å²) in [6.45, 7) is 0. The first-order valence-electron chi connectivity index (χ1n) is 3.90. The topological polar surface area (TPSA) is 76.7 Å². The molecule has 0 bridgehead atoms. The highest BCUT2D eigenvalue weighted by molar-refractivity contribution is 5.97. The minimum absolute atomic E-state index is 0.120. The van der Waals surface area contributed by atoms with Crippen LogP contribution in [-0.2, 0) is 0 Å².